The van der Waals surface area contributed by atoms with Crippen molar-refractivity contribution in [1.82, 2.24) is 4.98 Å². The number of aromatic nitrogens is 1. The Balaban J connectivity index is 1.88. The summed E-state index contributed by atoms with van der Waals surface area (Å²) in [6, 6.07) is 14.0. The van der Waals surface area contributed by atoms with E-state index >= 15 is 0 Å². The van der Waals surface area contributed by atoms with Gasteiger partial charge in [-0.05, 0) is 40.8 Å². The summed E-state index contributed by atoms with van der Waals surface area (Å²) in [5.41, 5.74) is 2.14. The third-order valence-corrected chi connectivity index (χ3v) is 3.72. The molecule has 98 valence electrons. The van der Waals surface area contributed by atoms with Gasteiger partial charge in [-0.2, -0.15) is 0 Å². The van der Waals surface area contributed by atoms with Gasteiger partial charge < -0.3 is 9.47 Å². The fourth-order valence-electron chi connectivity index (χ4n) is 2.39. The van der Waals surface area contributed by atoms with Crippen LogP contribution in [0.5, 0.6) is 11.5 Å². The lowest BCUT2D eigenvalue weighted by atomic mass is 10.0. The molecule has 0 saturated heterocycles. The zero-order chi connectivity index (χ0) is 13.5. The molecule has 0 bridgehead atoms. The van der Waals surface area contributed by atoms with E-state index in [0.29, 0.717) is 5.15 Å². The molecule has 0 amide bonds. The van der Waals surface area contributed by atoms with Crippen molar-refractivity contribution < 1.29 is 9.47 Å². The first-order valence-corrected chi connectivity index (χ1v) is 6.63. The molecule has 1 aromatic heterocycles. The molecule has 0 fully saturated rings. The number of fused-ring (bicyclic) bond motifs is 2. The first-order valence-electron chi connectivity index (χ1n) is 6.25. The molecule has 3 aromatic rings. The molecule has 2 heterocycles. The van der Waals surface area contributed by atoms with E-state index in [1.54, 1.807) is 6.20 Å². The van der Waals surface area contributed by atoms with Gasteiger partial charge in [-0.15, -0.1) is 0 Å². The average Bonchev–Trinajstić information content (AvgIpc) is 2.95. The fraction of sp³-hybridized carbons (Fsp3) is 0.0625. The van der Waals surface area contributed by atoms with Crippen LogP contribution < -0.4 is 9.47 Å². The molecule has 0 radical (unpaired) electrons. The summed E-state index contributed by atoms with van der Waals surface area (Å²) in [4.78, 5) is 4.12. The van der Waals surface area contributed by atoms with Gasteiger partial charge in [0.15, 0.2) is 11.5 Å². The van der Waals surface area contributed by atoms with Crippen LogP contribution in [-0.2, 0) is 0 Å². The van der Waals surface area contributed by atoms with Crippen molar-refractivity contribution in [2.24, 2.45) is 0 Å². The number of rotatable bonds is 1. The van der Waals surface area contributed by atoms with Crippen LogP contribution in [0.25, 0.3) is 21.9 Å². The van der Waals surface area contributed by atoms with Crippen LogP contribution in [0.1, 0.15) is 0 Å². The lowest BCUT2D eigenvalue weighted by Crippen LogP contribution is -1.92. The van der Waals surface area contributed by atoms with E-state index in [0.717, 1.165) is 33.4 Å². The van der Waals surface area contributed by atoms with Crippen molar-refractivity contribution in [2.75, 3.05) is 6.79 Å². The van der Waals surface area contributed by atoms with Gasteiger partial charge in [0.1, 0.15) is 5.15 Å². The number of nitrogens with zero attached hydrogens (tertiary/aromatic N) is 1. The highest BCUT2D eigenvalue weighted by Gasteiger charge is 2.14. The van der Waals surface area contributed by atoms with Gasteiger partial charge in [0.2, 0.25) is 6.79 Å². The molecule has 0 saturated carbocycles. The van der Waals surface area contributed by atoms with E-state index in [4.69, 9.17) is 21.1 Å². The number of halogens is 1. The van der Waals surface area contributed by atoms with Gasteiger partial charge in [-0.1, -0.05) is 29.8 Å². The summed E-state index contributed by atoms with van der Waals surface area (Å²) >= 11 is 6.15. The van der Waals surface area contributed by atoms with E-state index in [9.17, 15) is 0 Å². The molecule has 0 N–H and O–H groups in total. The Kier molecular flexibility index (Phi) is 2.54. The van der Waals surface area contributed by atoms with Crippen LogP contribution >= 0.6 is 11.6 Å². The molecule has 1 aliphatic heterocycles. The van der Waals surface area contributed by atoms with Gasteiger partial charge >= 0.3 is 0 Å². The monoisotopic (exact) mass is 283 g/mol. The Bertz CT molecular complexity index is 817. The number of hydrogen-bond donors (Lipinski definition) is 0. The predicted octanol–water partition coefficient (Wildman–Crippen LogP) is 4.28. The Hall–Kier alpha value is -2.26. The molecular weight excluding hydrogens is 274 g/mol. The van der Waals surface area contributed by atoms with Crippen LogP contribution in [0.15, 0.2) is 48.7 Å². The quantitative estimate of drug-likeness (QED) is 0.625. The highest BCUT2D eigenvalue weighted by Crippen LogP contribution is 2.36. The van der Waals surface area contributed by atoms with E-state index in [2.05, 4.69) is 11.1 Å². The first-order chi connectivity index (χ1) is 9.81. The van der Waals surface area contributed by atoms with Gasteiger partial charge in [-0.25, -0.2) is 4.98 Å². The molecule has 20 heavy (non-hydrogen) atoms. The highest BCUT2D eigenvalue weighted by molar-refractivity contribution is 6.34. The third-order valence-electron chi connectivity index (χ3n) is 3.42. The lowest BCUT2D eigenvalue weighted by molar-refractivity contribution is 0.174. The Morgan fingerprint density at radius 3 is 2.65 bits per heavy atom. The number of hydrogen-bond acceptors (Lipinski definition) is 3. The minimum absolute atomic E-state index is 0.284. The summed E-state index contributed by atoms with van der Waals surface area (Å²) in [6.45, 7) is 0.284. The highest BCUT2D eigenvalue weighted by atomic mass is 35.5. The summed E-state index contributed by atoms with van der Waals surface area (Å²) in [6.07, 6.45) is 1.71. The third kappa shape index (κ3) is 1.79. The zero-order valence-electron chi connectivity index (χ0n) is 10.5. The second-order valence-corrected chi connectivity index (χ2v) is 4.96. The van der Waals surface area contributed by atoms with E-state index in [-0.39, 0.29) is 6.79 Å². The van der Waals surface area contributed by atoms with Crippen LogP contribution in [-0.4, -0.2) is 11.8 Å². The van der Waals surface area contributed by atoms with Crippen LogP contribution in [0.4, 0.5) is 0 Å². The largest absolute Gasteiger partial charge is 0.454 e. The van der Waals surface area contributed by atoms with E-state index in [1.165, 1.54) is 0 Å². The molecule has 4 heteroatoms. The van der Waals surface area contributed by atoms with Crippen LogP contribution in [0.2, 0.25) is 5.15 Å². The molecule has 0 atom stereocenters. The van der Waals surface area contributed by atoms with Crippen molar-refractivity contribution in [3.05, 3.63) is 53.8 Å². The van der Waals surface area contributed by atoms with Gasteiger partial charge in [-0.3, -0.25) is 0 Å². The Labute approximate surface area is 120 Å². The van der Waals surface area contributed by atoms with Crippen molar-refractivity contribution in [3.63, 3.8) is 0 Å². The summed E-state index contributed by atoms with van der Waals surface area (Å²) < 4.78 is 10.7. The smallest absolute Gasteiger partial charge is 0.231 e. The second kappa shape index (κ2) is 4.39. The number of ether oxygens (including phenoxy) is 2. The molecular formula is C16H10ClNO2. The zero-order valence-corrected chi connectivity index (χ0v) is 11.2. The SMILES string of the molecule is Clc1nccc2ccc(-c3ccc4c(c3)OCO4)cc12. The van der Waals surface area contributed by atoms with Crippen molar-refractivity contribution >= 4 is 22.4 Å². The average molecular weight is 284 g/mol. The number of pyridine rings is 1. The predicted molar refractivity (Wildman–Crippen MR) is 78.3 cm³/mol. The topological polar surface area (TPSA) is 31.4 Å². The normalized spacial score (nSPS) is 12.8. The fourth-order valence-corrected chi connectivity index (χ4v) is 2.61. The molecule has 0 unspecified atom stereocenters. The second-order valence-electron chi connectivity index (χ2n) is 4.61. The lowest BCUT2D eigenvalue weighted by Gasteiger charge is -2.06. The van der Waals surface area contributed by atoms with E-state index in [1.807, 2.05) is 36.4 Å². The maximum atomic E-state index is 6.15. The molecule has 0 aliphatic carbocycles. The molecule has 4 rings (SSSR count). The Morgan fingerprint density at radius 2 is 1.70 bits per heavy atom. The summed E-state index contributed by atoms with van der Waals surface area (Å²) in [5.74, 6) is 1.56. The van der Waals surface area contributed by atoms with Crippen molar-refractivity contribution in [3.8, 4) is 22.6 Å². The maximum absolute atomic E-state index is 6.15. The minimum Gasteiger partial charge on any atom is -0.454 e. The Morgan fingerprint density at radius 1 is 0.900 bits per heavy atom. The number of benzene rings is 2. The molecule has 0 spiro atoms. The summed E-state index contributed by atoms with van der Waals surface area (Å²) in [7, 11) is 0. The molecule has 2 aromatic carbocycles. The van der Waals surface area contributed by atoms with Crippen molar-refractivity contribution in [1.29, 1.82) is 0 Å². The van der Waals surface area contributed by atoms with Gasteiger partial charge in [0.05, 0.1) is 0 Å². The summed E-state index contributed by atoms with van der Waals surface area (Å²) in [5, 5.41) is 2.55. The molecule has 1 aliphatic rings. The standard InChI is InChI=1S/C16H10ClNO2/c17-16-13-7-11(2-1-10(13)5-6-18-16)12-3-4-14-15(8-12)20-9-19-14/h1-8H,9H2. The van der Waals surface area contributed by atoms with E-state index < -0.39 is 0 Å². The first kappa shape index (κ1) is 11.6. The minimum atomic E-state index is 0.284. The van der Waals surface area contributed by atoms with Crippen LogP contribution in [0, 0.1) is 0 Å². The van der Waals surface area contributed by atoms with Gasteiger partial charge in [0.25, 0.3) is 0 Å². The maximum Gasteiger partial charge on any atom is 0.231 e. The molecule has 3 nitrogen and oxygen atoms in total. The van der Waals surface area contributed by atoms with Crippen molar-refractivity contribution in [2.45, 2.75) is 0 Å². The van der Waals surface area contributed by atoms with Gasteiger partial charge in [0, 0.05) is 11.6 Å². The van der Waals surface area contributed by atoms with Crippen LogP contribution in [0.3, 0.4) is 0 Å².